The van der Waals surface area contributed by atoms with E-state index < -0.39 is 31.9 Å². The van der Waals surface area contributed by atoms with Gasteiger partial charge in [0.15, 0.2) is 26.2 Å². The quantitative estimate of drug-likeness (QED) is 0.277. The van der Waals surface area contributed by atoms with Gasteiger partial charge < -0.3 is 14.4 Å². The third-order valence-corrected chi connectivity index (χ3v) is 7.09. The number of carbonyl (C=O) groups is 1. The van der Waals surface area contributed by atoms with Crippen LogP contribution in [0.25, 0.3) is 11.1 Å². The van der Waals surface area contributed by atoms with Gasteiger partial charge in [0.05, 0.1) is 6.61 Å². The number of rotatable bonds is 10. The van der Waals surface area contributed by atoms with Crippen LogP contribution in [0, 0.1) is 5.82 Å². The van der Waals surface area contributed by atoms with Gasteiger partial charge in [0, 0.05) is 43.7 Å². The number of aryl methyl sites for hydroxylation is 1. The number of hydroxylamine groups is 1. The van der Waals surface area contributed by atoms with E-state index in [1.54, 1.807) is 6.07 Å². The maximum Gasteiger partial charge on any atom is 0.264 e. The molecule has 0 saturated carbocycles. The molecule has 1 aromatic heterocycles. The van der Waals surface area contributed by atoms with E-state index in [1.807, 2.05) is 0 Å². The number of hydrogen-bond donors (Lipinski definition) is 3. The Balaban J connectivity index is 2.28. The topological polar surface area (TPSA) is 135 Å². The zero-order valence-corrected chi connectivity index (χ0v) is 18.0. The minimum atomic E-state index is -3.90. The lowest BCUT2D eigenvalue weighted by Crippen LogP contribution is -2.49. The number of halogens is 1. The van der Waals surface area contributed by atoms with Crippen LogP contribution >= 0.6 is 0 Å². The molecule has 31 heavy (non-hydrogen) atoms. The second kappa shape index (κ2) is 10.0. The lowest BCUT2D eigenvalue weighted by Gasteiger charge is -2.25. The average Bonchev–Trinajstić information content (AvgIpc) is 2.72. The van der Waals surface area contributed by atoms with Gasteiger partial charge in [-0.05, 0) is 31.0 Å². The number of amides is 1. The monoisotopic (exact) mass is 456 g/mol. The van der Waals surface area contributed by atoms with Gasteiger partial charge in [-0.1, -0.05) is 12.1 Å². The summed E-state index contributed by atoms with van der Waals surface area (Å²) in [6.45, 7) is 1.09. The van der Waals surface area contributed by atoms with Crippen molar-refractivity contribution < 1.29 is 32.7 Å². The van der Waals surface area contributed by atoms with Crippen molar-refractivity contribution in [3.63, 3.8) is 0 Å². The summed E-state index contributed by atoms with van der Waals surface area (Å²) in [6, 6.07) is 7.18. The van der Waals surface area contributed by atoms with Crippen molar-refractivity contribution in [2.24, 2.45) is 0 Å². The molecule has 0 radical (unpaired) electrons. The summed E-state index contributed by atoms with van der Waals surface area (Å²) < 4.78 is 43.4. The molecule has 0 aliphatic heterocycles. The van der Waals surface area contributed by atoms with E-state index in [0.717, 1.165) is 13.2 Å². The predicted octanol–water partition coefficient (Wildman–Crippen LogP) is 1.11. The highest BCUT2D eigenvalue weighted by Gasteiger charge is 2.43. The molecular weight excluding hydrogens is 431 g/mol. The lowest BCUT2D eigenvalue weighted by atomic mass is 10.0. The van der Waals surface area contributed by atoms with Crippen LogP contribution in [-0.2, 0) is 21.2 Å². The first-order chi connectivity index (χ1) is 14.5. The first-order valence-electron chi connectivity index (χ1n) is 9.42. The molecule has 1 amide bonds. The summed E-state index contributed by atoms with van der Waals surface area (Å²) >= 11 is 0. The molecule has 1 aromatic carbocycles. The SMILES string of the molecule is CC(CCn1ccc(-c2cccc(OCCCO)c2F)cc1=O)(C(=O)NO)S(C)(=O)=O. The zero-order valence-electron chi connectivity index (χ0n) is 17.2. The maximum atomic E-state index is 14.8. The van der Waals surface area contributed by atoms with E-state index in [1.165, 1.54) is 40.5 Å². The Morgan fingerprint density at radius 2 is 2.03 bits per heavy atom. The second-order valence-electron chi connectivity index (χ2n) is 7.18. The summed E-state index contributed by atoms with van der Waals surface area (Å²) in [5.74, 6) is -1.75. The Bertz CT molecular complexity index is 1100. The Morgan fingerprint density at radius 3 is 2.61 bits per heavy atom. The summed E-state index contributed by atoms with van der Waals surface area (Å²) in [5, 5.41) is 17.7. The molecule has 0 saturated heterocycles. The lowest BCUT2D eigenvalue weighted by molar-refractivity contribution is -0.131. The van der Waals surface area contributed by atoms with Crippen LogP contribution in [0.2, 0.25) is 0 Å². The highest BCUT2D eigenvalue weighted by molar-refractivity contribution is 7.92. The van der Waals surface area contributed by atoms with Crippen molar-refractivity contribution >= 4 is 15.7 Å². The molecule has 9 nitrogen and oxygen atoms in total. The zero-order chi connectivity index (χ0) is 23.2. The van der Waals surface area contributed by atoms with Crippen LogP contribution in [0.15, 0.2) is 41.3 Å². The van der Waals surface area contributed by atoms with Gasteiger partial charge in [-0.2, -0.15) is 0 Å². The van der Waals surface area contributed by atoms with Gasteiger partial charge >= 0.3 is 0 Å². The number of nitrogens with zero attached hydrogens (tertiary/aromatic N) is 1. The van der Waals surface area contributed by atoms with E-state index in [4.69, 9.17) is 15.1 Å². The molecule has 3 N–H and O–H groups in total. The van der Waals surface area contributed by atoms with Crippen molar-refractivity contribution in [1.29, 1.82) is 0 Å². The number of benzene rings is 1. The molecule has 0 aliphatic carbocycles. The molecule has 0 aliphatic rings. The van der Waals surface area contributed by atoms with Crippen molar-refractivity contribution in [1.82, 2.24) is 10.0 Å². The second-order valence-corrected chi connectivity index (χ2v) is 9.63. The maximum absolute atomic E-state index is 14.8. The van der Waals surface area contributed by atoms with Gasteiger partial charge in [-0.3, -0.25) is 14.8 Å². The molecule has 2 aromatic rings. The number of carbonyl (C=O) groups excluding carboxylic acids is 1. The Morgan fingerprint density at radius 1 is 1.32 bits per heavy atom. The van der Waals surface area contributed by atoms with E-state index >= 15 is 0 Å². The van der Waals surface area contributed by atoms with E-state index in [-0.39, 0.29) is 37.5 Å². The van der Waals surface area contributed by atoms with Gasteiger partial charge in [-0.25, -0.2) is 18.3 Å². The fraction of sp³-hybridized carbons (Fsp3) is 0.400. The first kappa shape index (κ1) is 24.5. The third kappa shape index (κ3) is 5.49. The Hall–Kier alpha value is -2.76. The average molecular weight is 456 g/mol. The summed E-state index contributed by atoms with van der Waals surface area (Å²) in [7, 11) is -3.90. The van der Waals surface area contributed by atoms with Gasteiger partial charge in [-0.15, -0.1) is 0 Å². The highest BCUT2D eigenvalue weighted by Crippen LogP contribution is 2.28. The number of pyridine rings is 1. The number of aliphatic hydroxyl groups is 1. The molecule has 1 unspecified atom stereocenters. The van der Waals surface area contributed by atoms with E-state index in [2.05, 4.69) is 0 Å². The van der Waals surface area contributed by atoms with Crippen molar-refractivity contribution in [2.45, 2.75) is 31.1 Å². The Labute approximate surface area is 179 Å². The number of aliphatic hydroxyl groups excluding tert-OH is 1. The molecule has 0 fully saturated rings. The van der Waals surface area contributed by atoms with Crippen LogP contribution in [0.1, 0.15) is 19.8 Å². The van der Waals surface area contributed by atoms with Crippen LogP contribution < -0.4 is 15.8 Å². The summed E-state index contributed by atoms with van der Waals surface area (Å²) in [6.07, 6.45) is 2.32. The molecule has 0 bridgehead atoms. The number of hydrogen-bond acceptors (Lipinski definition) is 7. The van der Waals surface area contributed by atoms with Crippen molar-refractivity contribution in [3.8, 4) is 16.9 Å². The molecule has 11 heteroatoms. The van der Waals surface area contributed by atoms with Crippen LogP contribution in [0.3, 0.4) is 0 Å². The number of nitrogens with one attached hydrogen (secondary N) is 1. The number of ether oxygens (including phenoxy) is 1. The van der Waals surface area contributed by atoms with Crippen LogP contribution in [0.4, 0.5) is 4.39 Å². The summed E-state index contributed by atoms with van der Waals surface area (Å²) in [5.41, 5.74) is 1.27. The van der Waals surface area contributed by atoms with Gasteiger partial charge in [0.25, 0.3) is 11.5 Å². The van der Waals surface area contributed by atoms with Crippen molar-refractivity contribution in [2.75, 3.05) is 19.5 Å². The highest BCUT2D eigenvalue weighted by atomic mass is 32.2. The third-order valence-electron chi connectivity index (χ3n) is 5.06. The number of sulfone groups is 1. The normalized spacial score (nSPS) is 13.5. The first-order valence-corrected chi connectivity index (χ1v) is 11.3. The fourth-order valence-electron chi connectivity index (χ4n) is 2.87. The molecule has 2 rings (SSSR count). The molecular formula is C20H25FN2O7S. The Kier molecular flexibility index (Phi) is 7.93. The van der Waals surface area contributed by atoms with Crippen molar-refractivity contribution in [3.05, 3.63) is 52.7 Å². The van der Waals surface area contributed by atoms with E-state index in [9.17, 15) is 22.4 Å². The largest absolute Gasteiger partial charge is 0.490 e. The molecule has 1 atom stereocenters. The van der Waals surface area contributed by atoms with Crippen LogP contribution in [-0.4, -0.2) is 53.4 Å². The molecule has 170 valence electrons. The minimum Gasteiger partial charge on any atom is -0.490 e. The standard InChI is InChI=1S/C20H25FN2O7S/c1-20(19(26)22-27,31(2,28)29)8-10-23-9-7-14(13-17(23)25)15-5-3-6-16(18(15)21)30-12-4-11-24/h3,5-7,9,13,24,27H,4,8,10-12H2,1-2H3,(H,22,26). The minimum absolute atomic E-state index is 0.00550. The molecule has 0 spiro atoms. The number of aromatic nitrogens is 1. The predicted molar refractivity (Wildman–Crippen MR) is 111 cm³/mol. The smallest absolute Gasteiger partial charge is 0.264 e. The van der Waals surface area contributed by atoms with Gasteiger partial charge in [0.2, 0.25) is 0 Å². The van der Waals surface area contributed by atoms with Crippen LogP contribution in [0.5, 0.6) is 5.75 Å². The summed E-state index contributed by atoms with van der Waals surface area (Å²) in [4.78, 5) is 24.4. The van der Waals surface area contributed by atoms with E-state index in [0.29, 0.717) is 12.0 Å². The fourth-order valence-corrected chi connectivity index (χ4v) is 3.72. The van der Waals surface area contributed by atoms with Gasteiger partial charge in [0.1, 0.15) is 0 Å². The molecule has 1 heterocycles.